The van der Waals surface area contributed by atoms with E-state index in [1.165, 1.54) is 4.90 Å². The number of hydrogen-bond donors (Lipinski definition) is 1. The van der Waals surface area contributed by atoms with Crippen molar-refractivity contribution in [1.29, 1.82) is 0 Å². The summed E-state index contributed by atoms with van der Waals surface area (Å²) >= 11 is 0. The molecule has 0 bridgehead atoms. The fourth-order valence-corrected chi connectivity index (χ4v) is 2.38. The average molecular weight is 306 g/mol. The number of aromatic nitrogens is 3. The Hall–Kier alpha value is -1.19. The van der Waals surface area contributed by atoms with Gasteiger partial charge in [0.25, 0.3) is 0 Å². The van der Waals surface area contributed by atoms with Crippen LogP contribution < -0.4 is 5.32 Å². The van der Waals surface area contributed by atoms with E-state index in [1.54, 1.807) is 4.68 Å². The topological polar surface area (TPSA) is 49.2 Å². The third-order valence-corrected chi connectivity index (χ3v) is 3.46. The number of nitrogens with zero attached hydrogens (tertiary/aromatic N) is 5. The van der Waals surface area contributed by atoms with Crippen molar-refractivity contribution < 1.29 is 13.2 Å². The normalized spacial score (nSPS) is 18.3. The van der Waals surface area contributed by atoms with Crippen molar-refractivity contribution in [1.82, 2.24) is 30.1 Å². The van der Waals surface area contributed by atoms with Crippen LogP contribution in [0.3, 0.4) is 0 Å². The van der Waals surface area contributed by atoms with E-state index < -0.39 is 12.7 Å². The van der Waals surface area contributed by atoms with Gasteiger partial charge in [0, 0.05) is 45.5 Å². The number of alkyl halides is 3. The number of halogens is 3. The molecule has 0 aromatic carbocycles. The van der Waals surface area contributed by atoms with Gasteiger partial charge in [-0.05, 0) is 7.05 Å². The van der Waals surface area contributed by atoms with Crippen LogP contribution in [0.4, 0.5) is 13.2 Å². The van der Waals surface area contributed by atoms with E-state index in [-0.39, 0.29) is 0 Å². The SMILES string of the molecule is CNCc1cn(CCN2CCN(CC(F)(F)F)CC2)nn1. The van der Waals surface area contributed by atoms with Crippen molar-refractivity contribution in [3.05, 3.63) is 11.9 Å². The summed E-state index contributed by atoms with van der Waals surface area (Å²) in [6.07, 6.45) is -2.22. The van der Waals surface area contributed by atoms with Crippen LogP contribution in [0.25, 0.3) is 0 Å². The van der Waals surface area contributed by atoms with Crippen molar-refractivity contribution in [2.45, 2.75) is 19.3 Å². The van der Waals surface area contributed by atoms with E-state index in [2.05, 4.69) is 20.5 Å². The number of rotatable bonds is 6. The van der Waals surface area contributed by atoms with Crippen molar-refractivity contribution in [2.75, 3.05) is 46.3 Å². The van der Waals surface area contributed by atoms with Gasteiger partial charge in [0.2, 0.25) is 0 Å². The van der Waals surface area contributed by atoms with Crippen molar-refractivity contribution in [3.8, 4) is 0 Å². The summed E-state index contributed by atoms with van der Waals surface area (Å²) in [7, 11) is 1.85. The quantitative estimate of drug-likeness (QED) is 0.812. The Bertz CT molecular complexity index is 425. The highest BCUT2D eigenvalue weighted by Crippen LogP contribution is 2.17. The van der Waals surface area contributed by atoms with Crippen LogP contribution in [-0.4, -0.2) is 77.3 Å². The van der Waals surface area contributed by atoms with E-state index in [9.17, 15) is 13.2 Å². The van der Waals surface area contributed by atoms with Gasteiger partial charge in [-0.3, -0.25) is 14.5 Å². The van der Waals surface area contributed by atoms with E-state index in [0.717, 1.165) is 12.2 Å². The molecule has 0 amide bonds. The summed E-state index contributed by atoms with van der Waals surface area (Å²) in [4.78, 5) is 3.61. The molecule has 1 aromatic rings. The monoisotopic (exact) mass is 306 g/mol. The highest BCUT2D eigenvalue weighted by molar-refractivity contribution is 4.91. The maximum absolute atomic E-state index is 12.3. The molecule has 1 aliphatic heterocycles. The number of piperazine rings is 1. The van der Waals surface area contributed by atoms with Crippen LogP contribution in [0, 0.1) is 0 Å². The molecule has 21 heavy (non-hydrogen) atoms. The Labute approximate surface area is 121 Å². The standard InChI is InChI=1S/C12H21F3N6/c1-16-8-11-9-21(18-17-11)7-6-19-2-4-20(5-3-19)10-12(13,14)15/h9,16H,2-8,10H2,1H3. The molecule has 0 saturated carbocycles. The summed E-state index contributed by atoms with van der Waals surface area (Å²) in [5.74, 6) is 0. The minimum absolute atomic E-state index is 0.460. The zero-order chi connectivity index (χ0) is 15.3. The van der Waals surface area contributed by atoms with Crippen LogP contribution in [-0.2, 0) is 13.1 Å². The largest absolute Gasteiger partial charge is 0.401 e. The number of nitrogens with one attached hydrogen (secondary N) is 1. The molecule has 0 unspecified atom stereocenters. The lowest BCUT2D eigenvalue weighted by atomic mass is 10.3. The fourth-order valence-electron chi connectivity index (χ4n) is 2.38. The molecule has 2 heterocycles. The molecular formula is C12H21F3N6. The Morgan fingerprint density at radius 1 is 1.14 bits per heavy atom. The minimum atomic E-state index is -4.10. The maximum atomic E-state index is 12.3. The second-order valence-corrected chi connectivity index (χ2v) is 5.24. The van der Waals surface area contributed by atoms with Crippen molar-refractivity contribution in [3.63, 3.8) is 0 Å². The van der Waals surface area contributed by atoms with Gasteiger partial charge in [0.15, 0.2) is 0 Å². The Kier molecular flexibility index (Phi) is 5.54. The fraction of sp³-hybridized carbons (Fsp3) is 0.833. The third kappa shape index (κ3) is 5.60. The summed E-state index contributed by atoms with van der Waals surface area (Å²) in [6.45, 7) is 3.59. The van der Waals surface area contributed by atoms with Crippen LogP contribution in [0.2, 0.25) is 0 Å². The molecule has 0 spiro atoms. The lowest BCUT2D eigenvalue weighted by Gasteiger charge is -2.34. The third-order valence-electron chi connectivity index (χ3n) is 3.46. The van der Waals surface area contributed by atoms with Gasteiger partial charge < -0.3 is 5.32 Å². The Balaban J connectivity index is 1.68. The second-order valence-electron chi connectivity index (χ2n) is 5.24. The summed E-state index contributed by atoms with van der Waals surface area (Å²) in [5.41, 5.74) is 0.882. The highest BCUT2D eigenvalue weighted by atomic mass is 19.4. The summed E-state index contributed by atoms with van der Waals surface area (Å²) < 4.78 is 38.7. The smallest absolute Gasteiger partial charge is 0.314 e. The first-order valence-corrected chi connectivity index (χ1v) is 7.01. The van der Waals surface area contributed by atoms with Crippen molar-refractivity contribution >= 4 is 0 Å². The molecule has 0 radical (unpaired) electrons. The van der Waals surface area contributed by atoms with Gasteiger partial charge in [-0.2, -0.15) is 13.2 Å². The molecule has 120 valence electrons. The molecule has 2 rings (SSSR count). The lowest BCUT2D eigenvalue weighted by molar-refractivity contribution is -0.149. The molecule has 1 aromatic heterocycles. The zero-order valence-corrected chi connectivity index (χ0v) is 12.1. The Morgan fingerprint density at radius 2 is 1.81 bits per heavy atom. The van der Waals surface area contributed by atoms with Gasteiger partial charge in [-0.15, -0.1) is 5.10 Å². The first-order valence-electron chi connectivity index (χ1n) is 7.01. The molecule has 0 aliphatic carbocycles. The van der Waals surface area contributed by atoms with Gasteiger partial charge in [-0.25, -0.2) is 0 Å². The van der Waals surface area contributed by atoms with Gasteiger partial charge >= 0.3 is 6.18 Å². The van der Waals surface area contributed by atoms with Crippen LogP contribution in [0.5, 0.6) is 0 Å². The first-order chi connectivity index (χ1) is 9.96. The molecule has 0 atom stereocenters. The predicted octanol–water partition coefficient (Wildman–Crippen LogP) is 0.177. The van der Waals surface area contributed by atoms with E-state index in [0.29, 0.717) is 39.3 Å². The van der Waals surface area contributed by atoms with E-state index in [4.69, 9.17) is 0 Å². The van der Waals surface area contributed by atoms with E-state index >= 15 is 0 Å². The predicted molar refractivity (Wildman–Crippen MR) is 71.7 cm³/mol. The van der Waals surface area contributed by atoms with Crippen LogP contribution >= 0.6 is 0 Å². The van der Waals surface area contributed by atoms with Crippen molar-refractivity contribution in [2.24, 2.45) is 0 Å². The minimum Gasteiger partial charge on any atom is -0.314 e. The molecular weight excluding hydrogens is 285 g/mol. The number of hydrogen-bond acceptors (Lipinski definition) is 5. The zero-order valence-electron chi connectivity index (χ0n) is 12.1. The van der Waals surface area contributed by atoms with Crippen LogP contribution in [0.15, 0.2) is 6.20 Å². The summed E-state index contributed by atoms with van der Waals surface area (Å²) in [6, 6.07) is 0. The second kappa shape index (κ2) is 7.19. The Morgan fingerprint density at radius 3 is 2.43 bits per heavy atom. The maximum Gasteiger partial charge on any atom is 0.401 e. The van der Waals surface area contributed by atoms with E-state index in [1.807, 2.05) is 13.2 Å². The molecule has 6 nitrogen and oxygen atoms in total. The summed E-state index contributed by atoms with van der Waals surface area (Å²) in [5, 5.41) is 11.0. The lowest BCUT2D eigenvalue weighted by Crippen LogP contribution is -2.49. The molecule has 1 aliphatic rings. The van der Waals surface area contributed by atoms with Gasteiger partial charge in [-0.1, -0.05) is 5.21 Å². The average Bonchev–Trinajstić information content (AvgIpc) is 2.84. The molecule has 1 saturated heterocycles. The first kappa shape index (κ1) is 16.2. The molecule has 9 heteroatoms. The molecule has 1 N–H and O–H groups in total. The highest BCUT2D eigenvalue weighted by Gasteiger charge is 2.31. The molecule has 1 fully saturated rings. The van der Waals surface area contributed by atoms with Crippen LogP contribution in [0.1, 0.15) is 5.69 Å². The van der Waals surface area contributed by atoms with Gasteiger partial charge in [0.05, 0.1) is 18.8 Å². The van der Waals surface area contributed by atoms with Gasteiger partial charge in [0.1, 0.15) is 0 Å².